The first-order chi connectivity index (χ1) is 22.5. The van der Waals surface area contributed by atoms with Crippen molar-refractivity contribution < 1.29 is 24.2 Å². The molecule has 0 aromatic heterocycles. The summed E-state index contributed by atoms with van der Waals surface area (Å²) in [7, 11) is 0. The molecule has 0 aliphatic carbocycles. The van der Waals surface area contributed by atoms with Crippen LogP contribution >= 0.6 is 0 Å². The quantitative estimate of drug-likeness (QED) is 0.0412. The first-order valence-electron chi connectivity index (χ1n) is 19.1. The summed E-state index contributed by atoms with van der Waals surface area (Å²) in [5, 5.41) is 11.0. The number of nitrogens with one attached hydrogen (secondary N) is 1. The molecule has 266 valence electrons. The number of ether oxygens (including phenoxy) is 1. The molecule has 6 heteroatoms. The van der Waals surface area contributed by atoms with Gasteiger partial charge in [-0.25, -0.2) is 0 Å². The Kier molecular flexibility index (Phi) is 33.7. The molecule has 0 saturated carbocycles. The van der Waals surface area contributed by atoms with Gasteiger partial charge in [-0.3, -0.25) is 14.4 Å². The van der Waals surface area contributed by atoms with Crippen molar-refractivity contribution in [1.82, 2.24) is 5.32 Å². The van der Waals surface area contributed by atoms with Crippen molar-refractivity contribution in [2.24, 2.45) is 0 Å². The Labute approximate surface area is 283 Å². The second kappa shape index (κ2) is 35.5. The number of carboxylic acids is 1. The predicted octanol–water partition coefficient (Wildman–Crippen LogP) is 11.3. The fraction of sp³-hybridized carbons (Fsp3) is 0.775. The van der Waals surface area contributed by atoms with E-state index in [-0.39, 0.29) is 24.5 Å². The van der Waals surface area contributed by atoms with E-state index in [0.29, 0.717) is 12.8 Å². The van der Waals surface area contributed by atoms with E-state index < -0.39 is 5.97 Å². The van der Waals surface area contributed by atoms with E-state index in [0.717, 1.165) is 70.6 Å². The third kappa shape index (κ3) is 34.5. The van der Waals surface area contributed by atoms with Crippen molar-refractivity contribution in [3.05, 3.63) is 36.5 Å². The monoisotopic (exact) mass is 646 g/mol. The van der Waals surface area contributed by atoms with Crippen LogP contribution in [0.2, 0.25) is 0 Å². The van der Waals surface area contributed by atoms with E-state index in [1.165, 1.54) is 89.9 Å². The van der Waals surface area contributed by atoms with Crippen molar-refractivity contribution >= 4 is 17.8 Å². The Morgan fingerprint density at radius 1 is 0.587 bits per heavy atom. The average molecular weight is 646 g/mol. The molecular weight excluding hydrogens is 574 g/mol. The SMILES string of the molecule is CCCCC/C=C\C/C=C\C(CCCCCCCCC(=O)NCC(=O)O)OC(=O)CCCCCCC/C=C\CCCCCCCC. The van der Waals surface area contributed by atoms with Crippen LogP contribution in [0.1, 0.15) is 187 Å². The Balaban J connectivity index is 4.18. The summed E-state index contributed by atoms with van der Waals surface area (Å²) in [5.41, 5.74) is 0. The maximum absolute atomic E-state index is 12.6. The number of carbonyl (C=O) groups excluding carboxylic acids is 2. The molecule has 0 radical (unpaired) electrons. The van der Waals surface area contributed by atoms with Crippen LogP contribution in [-0.4, -0.2) is 35.6 Å². The van der Waals surface area contributed by atoms with Crippen molar-refractivity contribution in [2.75, 3.05) is 6.54 Å². The molecule has 1 atom stereocenters. The zero-order valence-electron chi connectivity index (χ0n) is 29.9. The molecular formula is C40H71NO5. The highest BCUT2D eigenvalue weighted by Gasteiger charge is 2.11. The van der Waals surface area contributed by atoms with Gasteiger partial charge in [0.15, 0.2) is 0 Å². The maximum Gasteiger partial charge on any atom is 0.322 e. The van der Waals surface area contributed by atoms with Gasteiger partial charge in [0.05, 0.1) is 0 Å². The molecule has 0 fully saturated rings. The molecule has 1 amide bonds. The van der Waals surface area contributed by atoms with Crippen LogP contribution in [0.5, 0.6) is 0 Å². The highest BCUT2D eigenvalue weighted by molar-refractivity contribution is 5.80. The smallest absolute Gasteiger partial charge is 0.322 e. The Morgan fingerprint density at radius 2 is 1.07 bits per heavy atom. The standard InChI is InChI=1S/C40H71NO5/c1-3-5-7-9-11-13-14-15-16-17-18-19-21-27-31-35-40(45)46-37(32-28-24-20-12-10-8-6-4-2)33-29-25-22-23-26-30-34-38(42)41-36-39(43)44/h12,15-16,20,28,32,37H,3-11,13-14,17-19,21-27,29-31,33-36H2,1-2H3,(H,41,42)(H,43,44)/b16-15-,20-12-,32-28-. The van der Waals surface area contributed by atoms with Gasteiger partial charge in [0.25, 0.3) is 0 Å². The van der Waals surface area contributed by atoms with Crippen LogP contribution in [0.4, 0.5) is 0 Å². The molecule has 0 aromatic rings. The van der Waals surface area contributed by atoms with Crippen molar-refractivity contribution in [2.45, 2.75) is 193 Å². The van der Waals surface area contributed by atoms with Crippen LogP contribution in [0, 0.1) is 0 Å². The van der Waals surface area contributed by atoms with Gasteiger partial charge in [-0.05, 0) is 76.7 Å². The highest BCUT2D eigenvalue weighted by Crippen LogP contribution is 2.15. The van der Waals surface area contributed by atoms with Crippen molar-refractivity contribution in [1.29, 1.82) is 0 Å². The molecule has 0 bridgehead atoms. The second-order valence-electron chi connectivity index (χ2n) is 12.8. The van der Waals surface area contributed by atoms with Gasteiger partial charge in [-0.1, -0.05) is 134 Å². The van der Waals surface area contributed by atoms with E-state index in [4.69, 9.17) is 9.84 Å². The lowest BCUT2D eigenvalue weighted by molar-refractivity contribution is -0.147. The number of rotatable bonds is 34. The summed E-state index contributed by atoms with van der Waals surface area (Å²) < 4.78 is 5.90. The number of hydrogen-bond donors (Lipinski definition) is 2. The van der Waals surface area contributed by atoms with Gasteiger partial charge in [0, 0.05) is 12.8 Å². The molecule has 0 heterocycles. The first-order valence-corrected chi connectivity index (χ1v) is 19.1. The number of carboxylic acid groups (broad SMARTS) is 1. The minimum atomic E-state index is -1.02. The number of carbonyl (C=O) groups is 3. The summed E-state index contributed by atoms with van der Waals surface area (Å²) in [4.78, 5) is 34.7. The Bertz CT molecular complexity index is 803. The minimum Gasteiger partial charge on any atom is -0.480 e. The second-order valence-corrected chi connectivity index (χ2v) is 12.8. The van der Waals surface area contributed by atoms with E-state index in [9.17, 15) is 14.4 Å². The number of aliphatic carboxylic acids is 1. The first kappa shape index (κ1) is 43.6. The van der Waals surface area contributed by atoms with Crippen LogP contribution in [-0.2, 0) is 19.1 Å². The average Bonchev–Trinajstić information content (AvgIpc) is 3.04. The number of unbranched alkanes of at least 4 members (excludes halogenated alkanes) is 19. The molecule has 0 saturated heterocycles. The number of amides is 1. The van der Waals surface area contributed by atoms with Crippen LogP contribution < -0.4 is 5.32 Å². The van der Waals surface area contributed by atoms with E-state index in [1.54, 1.807) is 0 Å². The normalized spacial score (nSPS) is 12.4. The third-order valence-corrected chi connectivity index (χ3v) is 8.27. The van der Waals surface area contributed by atoms with Crippen molar-refractivity contribution in [3.8, 4) is 0 Å². The van der Waals surface area contributed by atoms with Gasteiger partial charge in [-0.2, -0.15) is 0 Å². The Hall–Kier alpha value is -2.37. The fourth-order valence-corrected chi connectivity index (χ4v) is 5.40. The molecule has 0 aliphatic heterocycles. The van der Waals surface area contributed by atoms with Crippen molar-refractivity contribution in [3.63, 3.8) is 0 Å². The zero-order chi connectivity index (χ0) is 33.8. The Morgan fingerprint density at radius 3 is 1.67 bits per heavy atom. The van der Waals surface area contributed by atoms with Gasteiger partial charge in [0.1, 0.15) is 12.6 Å². The van der Waals surface area contributed by atoms with Crippen LogP contribution in [0.3, 0.4) is 0 Å². The third-order valence-electron chi connectivity index (χ3n) is 8.27. The lowest BCUT2D eigenvalue weighted by Gasteiger charge is -2.14. The minimum absolute atomic E-state index is 0.0800. The summed E-state index contributed by atoms with van der Waals surface area (Å²) in [6, 6.07) is 0. The maximum atomic E-state index is 12.6. The molecule has 0 spiro atoms. The summed E-state index contributed by atoms with van der Waals surface area (Å²) >= 11 is 0. The van der Waals surface area contributed by atoms with Crippen LogP contribution in [0.15, 0.2) is 36.5 Å². The number of hydrogen-bond acceptors (Lipinski definition) is 4. The highest BCUT2D eigenvalue weighted by atomic mass is 16.5. The molecule has 2 N–H and O–H groups in total. The van der Waals surface area contributed by atoms with E-state index in [1.807, 2.05) is 0 Å². The molecule has 0 rings (SSSR count). The summed E-state index contributed by atoms with van der Waals surface area (Å²) in [6.45, 7) is 4.17. The van der Waals surface area contributed by atoms with Gasteiger partial charge >= 0.3 is 11.9 Å². The molecule has 0 aliphatic rings. The lowest BCUT2D eigenvalue weighted by Crippen LogP contribution is -2.28. The van der Waals surface area contributed by atoms with E-state index in [2.05, 4.69) is 55.6 Å². The molecule has 0 aromatic carbocycles. The topological polar surface area (TPSA) is 92.7 Å². The summed E-state index contributed by atoms with van der Waals surface area (Å²) in [5.74, 6) is -1.30. The number of esters is 1. The van der Waals surface area contributed by atoms with Crippen LogP contribution in [0.25, 0.3) is 0 Å². The molecule has 6 nitrogen and oxygen atoms in total. The van der Waals surface area contributed by atoms with Gasteiger partial charge in [-0.15, -0.1) is 0 Å². The molecule has 46 heavy (non-hydrogen) atoms. The zero-order valence-corrected chi connectivity index (χ0v) is 29.9. The van der Waals surface area contributed by atoms with E-state index >= 15 is 0 Å². The van der Waals surface area contributed by atoms with Gasteiger partial charge in [0.2, 0.25) is 5.91 Å². The van der Waals surface area contributed by atoms with Gasteiger partial charge < -0.3 is 15.2 Å². The largest absolute Gasteiger partial charge is 0.480 e. The fourth-order valence-electron chi connectivity index (χ4n) is 5.40. The lowest BCUT2D eigenvalue weighted by atomic mass is 10.1. The predicted molar refractivity (Wildman–Crippen MR) is 194 cm³/mol. The summed E-state index contributed by atoms with van der Waals surface area (Å²) in [6.07, 6.45) is 42.8. The molecule has 1 unspecified atom stereocenters. The number of allylic oxidation sites excluding steroid dienone is 5.